The van der Waals surface area contributed by atoms with E-state index in [1.807, 2.05) is 25.1 Å². The van der Waals surface area contributed by atoms with Crippen LogP contribution in [-0.2, 0) is 6.42 Å². The first-order valence-corrected chi connectivity index (χ1v) is 6.42. The molecule has 3 heteroatoms. The fourth-order valence-electron chi connectivity index (χ4n) is 2.21. The molecular formula is C17H16FNO. The third kappa shape index (κ3) is 3.16. The van der Waals surface area contributed by atoms with Gasteiger partial charge in [-0.15, -0.1) is 0 Å². The number of nitrogens with zero attached hydrogens (tertiary/aromatic N) is 1. The smallest absolute Gasteiger partial charge is 0.123 e. The molecule has 0 aliphatic heterocycles. The largest absolute Gasteiger partial charge is 0.496 e. The molecule has 0 spiro atoms. The Hall–Kier alpha value is -2.34. The van der Waals surface area contributed by atoms with E-state index in [0.717, 1.165) is 22.4 Å². The molecule has 0 saturated heterocycles. The third-order valence-electron chi connectivity index (χ3n) is 3.33. The number of methoxy groups -OCH3 is 1. The number of hydrogen-bond donors (Lipinski definition) is 0. The topological polar surface area (TPSA) is 33.0 Å². The molecule has 1 unspecified atom stereocenters. The summed E-state index contributed by atoms with van der Waals surface area (Å²) in [7, 11) is 1.63. The number of nitriles is 1. The van der Waals surface area contributed by atoms with Crippen LogP contribution < -0.4 is 4.74 Å². The molecule has 0 saturated carbocycles. The number of aryl methyl sites for hydroxylation is 1. The quantitative estimate of drug-likeness (QED) is 0.840. The summed E-state index contributed by atoms with van der Waals surface area (Å²) in [5.41, 5.74) is 2.91. The average molecular weight is 269 g/mol. The van der Waals surface area contributed by atoms with Crippen LogP contribution in [-0.4, -0.2) is 7.11 Å². The van der Waals surface area contributed by atoms with Crippen molar-refractivity contribution >= 4 is 0 Å². The molecule has 0 aromatic heterocycles. The molecule has 0 aliphatic rings. The first kappa shape index (κ1) is 14.1. The van der Waals surface area contributed by atoms with Gasteiger partial charge < -0.3 is 4.74 Å². The number of benzene rings is 2. The van der Waals surface area contributed by atoms with Crippen molar-refractivity contribution in [1.82, 2.24) is 0 Å². The minimum atomic E-state index is -0.262. The van der Waals surface area contributed by atoms with E-state index in [2.05, 4.69) is 6.07 Å². The van der Waals surface area contributed by atoms with Crippen LogP contribution in [0, 0.1) is 24.1 Å². The molecule has 0 N–H and O–H groups in total. The van der Waals surface area contributed by atoms with Crippen LogP contribution in [0.3, 0.4) is 0 Å². The Kier molecular flexibility index (Phi) is 4.37. The normalized spacial score (nSPS) is 11.7. The van der Waals surface area contributed by atoms with Gasteiger partial charge in [0.15, 0.2) is 0 Å². The van der Waals surface area contributed by atoms with Crippen LogP contribution >= 0.6 is 0 Å². The molecule has 0 fully saturated rings. The lowest BCUT2D eigenvalue weighted by molar-refractivity contribution is 0.411. The van der Waals surface area contributed by atoms with E-state index in [-0.39, 0.29) is 11.7 Å². The van der Waals surface area contributed by atoms with Gasteiger partial charge in [-0.05, 0) is 48.2 Å². The van der Waals surface area contributed by atoms with Crippen LogP contribution in [0.5, 0.6) is 5.75 Å². The first-order chi connectivity index (χ1) is 9.63. The summed E-state index contributed by atoms with van der Waals surface area (Å²) in [6.45, 7) is 1.95. The Morgan fingerprint density at radius 2 is 1.90 bits per heavy atom. The zero-order valence-corrected chi connectivity index (χ0v) is 11.6. The van der Waals surface area contributed by atoms with Crippen molar-refractivity contribution in [3.63, 3.8) is 0 Å². The van der Waals surface area contributed by atoms with Crippen molar-refractivity contribution < 1.29 is 9.13 Å². The van der Waals surface area contributed by atoms with Gasteiger partial charge in [0.2, 0.25) is 0 Å². The van der Waals surface area contributed by atoms with E-state index in [9.17, 15) is 9.65 Å². The molecule has 0 amide bonds. The second-order valence-electron chi connectivity index (χ2n) is 4.74. The molecule has 0 heterocycles. The number of rotatable bonds is 4. The van der Waals surface area contributed by atoms with Crippen molar-refractivity contribution in [2.45, 2.75) is 19.3 Å². The minimum Gasteiger partial charge on any atom is -0.496 e. The highest BCUT2D eigenvalue weighted by atomic mass is 19.1. The molecule has 2 aromatic carbocycles. The maximum absolute atomic E-state index is 12.9. The van der Waals surface area contributed by atoms with Crippen molar-refractivity contribution in [1.29, 1.82) is 5.26 Å². The van der Waals surface area contributed by atoms with Crippen LogP contribution in [0.25, 0.3) is 0 Å². The van der Waals surface area contributed by atoms with E-state index in [4.69, 9.17) is 4.74 Å². The van der Waals surface area contributed by atoms with Crippen molar-refractivity contribution in [3.05, 3.63) is 65.0 Å². The van der Waals surface area contributed by atoms with Crippen molar-refractivity contribution in [2.24, 2.45) is 0 Å². The average Bonchev–Trinajstić information content (AvgIpc) is 2.46. The lowest BCUT2D eigenvalue weighted by Crippen LogP contribution is -2.01. The third-order valence-corrected chi connectivity index (χ3v) is 3.33. The maximum atomic E-state index is 12.9. The molecule has 0 aliphatic carbocycles. The standard InChI is InChI=1S/C17H16FNO/c1-12-9-14(5-8-17(12)20-2)15(11-19)10-13-3-6-16(18)7-4-13/h3-9,15H,10H2,1-2H3. The molecule has 2 nitrogen and oxygen atoms in total. The molecule has 2 aromatic rings. The molecular weight excluding hydrogens is 253 g/mol. The van der Waals surface area contributed by atoms with Crippen LogP contribution in [0.2, 0.25) is 0 Å². The Labute approximate surface area is 118 Å². The van der Waals surface area contributed by atoms with Crippen molar-refractivity contribution in [3.8, 4) is 11.8 Å². The van der Waals surface area contributed by atoms with Crippen molar-refractivity contribution in [2.75, 3.05) is 7.11 Å². The van der Waals surface area contributed by atoms with Gasteiger partial charge >= 0.3 is 0 Å². The van der Waals surface area contributed by atoms with Gasteiger partial charge in [0, 0.05) is 0 Å². The lowest BCUT2D eigenvalue weighted by atomic mass is 9.92. The zero-order valence-electron chi connectivity index (χ0n) is 11.6. The number of ether oxygens (including phenoxy) is 1. The SMILES string of the molecule is COc1ccc(C(C#N)Cc2ccc(F)cc2)cc1C. The molecule has 20 heavy (non-hydrogen) atoms. The van der Waals surface area contributed by atoms with Gasteiger partial charge in [0.05, 0.1) is 19.1 Å². The summed E-state index contributed by atoms with van der Waals surface area (Å²) < 4.78 is 18.1. The van der Waals surface area contributed by atoms with Gasteiger partial charge in [-0.3, -0.25) is 0 Å². The Morgan fingerprint density at radius 1 is 1.20 bits per heavy atom. The second-order valence-corrected chi connectivity index (χ2v) is 4.74. The molecule has 2 rings (SSSR count). The summed E-state index contributed by atoms with van der Waals surface area (Å²) in [5, 5.41) is 9.36. The van der Waals surface area contributed by atoms with Gasteiger partial charge in [-0.2, -0.15) is 5.26 Å². The molecule has 102 valence electrons. The predicted octanol–water partition coefficient (Wildman–Crippen LogP) is 3.99. The summed E-state index contributed by atoms with van der Waals surface area (Å²) in [6, 6.07) is 14.3. The van der Waals surface area contributed by atoms with E-state index < -0.39 is 0 Å². The summed E-state index contributed by atoms with van der Waals surface area (Å²) in [4.78, 5) is 0. The van der Waals surface area contributed by atoms with Gasteiger partial charge in [-0.25, -0.2) is 4.39 Å². The molecule has 0 radical (unpaired) electrons. The summed E-state index contributed by atoms with van der Waals surface area (Å²) in [6.07, 6.45) is 0.572. The Balaban J connectivity index is 2.22. The van der Waals surface area contributed by atoms with Crippen LogP contribution in [0.1, 0.15) is 22.6 Å². The van der Waals surface area contributed by atoms with Crippen LogP contribution in [0.4, 0.5) is 4.39 Å². The Morgan fingerprint density at radius 3 is 2.45 bits per heavy atom. The van der Waals surface area contributed by atoms with E-state index in [1.54, 1.807) is 19.2 Å². The van der Waals surface area contributed by atoms with E-state index in [1.165, 1.54) is 12.1 Å². The summed E-state index contributed by atoms with van der Waals surface area (Å²) in [5.74, 6) is 0.305. The van der Waals surface area contributed by atoms with E-state index in [0.29, 0.717) is 6.42 Å². The second kappa shape index (κ2) is 6.21. The number of halogens is 1. The highest BCUT2D eigenvalue weighted by Gasteiger charge is 2.13. The monoisotopic (exact) mass is 269 g/mol. The van der Waals surface area contributed by atoms with Gasteiger partial charge in [0.25, 0.3) is 0 Å². The fourth-order valence-corrected chi connectivity index (χ4v) is 2.21. The molecule has 1 atom stereocenters. The highest BCUT2D eigenvalue weighted by molar-refractivity contribution is 5.40. The summed E-state index contributed by atoms with van der Waals surface area (Å²) >= 11 is 0. The van der Waals surface area contributed by atoms with Gasteiger partial charge in [0.1, 0.15) is 11.6 Å². The first-order valence-electron chi connectivity index (χ1n) is 6.42. The fraction of sp³-hybridized carbons (Fsp3) is 0.235. The molecule has 0 bridgehead atoms. The van der Waals surface area contributed by atoms with Crippen LogP contribution in [0.15, 0.2) is 42.5 Å². The van der Waals surface area contributed by atoms with E-state index >= 15 is 0 Å². The predicted molar refractivity (Wildman–Crippen MR) is 76.2 cm³/mol. The highest BCUT2D eigenvalue weighted by Crippen LogP contribution is 2.26. The number of hydrogen-bond acceptors (Lipinski definition) is 2. The minimum absolute atomic E-state index is 0.245. The zero-order chi connectivity index (χ0) is 14.5. The lowest BCUT2D eigenvalue weighted by Gasteiger charge is -2.12. The maximum Gasteiger partial charge on any atom is 0.123 e. The van der Waals surface area contributed by atoms with Gasteiger partial charge in [-0.1, -0.05) is 24.3 Å². The Bertz CT molecular complexity index is 628.